The van der Waals surface area contributed by atoms with Gasteiger partial charge in [-0.05, 0) is 43.9 Å². The number of anilines is 1. The number of rotatable bonds is 6. The molecule has 0 saturated heterocycles. The number of halogens is 1. The Morgan fingerprint density at radius 3 is 2.62 bits per heavy atom. The van der Waals surface area contributed by atoms with Crippen molar-refractivity contribution < 1.29 is 13.9 Å². The largest absolute Gasteiger partial charge is 0.497 e. The maximum Gasteiger partial charge on any atom is 0.319 e. The zero-order valence-corrected chi connectivity index (χ0v) is 14.0. The molecule has 0 aliphatic carbocycles. The van der Waals surface area contributed by atoms with Gasteiger partial charge >= 0.3 is 6.03 Å². The third kappa shape index (κ3) is 4.70. The van der Waals surface area contributed by atoms with Crippen LogP contribution in [-0.2, 0) is 0 Å². The quantitative estimate of drug-likeness (QED) is 0.854. The zero-order chi connectivity index (χ0) is 17.5. The van der Waals surface area contributed by atoms with E-state index in [4.69, 9.17) is 4.74 Å². The smallest absolute Gasteiger partial charge is 0.319 e. The molecule has 5 nitrogen and oxygen atoms in total. The highest BCUT2D eigenvalue weighted by Crippen LogP contribution is 2.22. The maximum atomic E-state index is 13.6. The Morgan fingerprint density at radius 1 is 1.21 bits per heavy atom. The van der Waals surface area contributed by atoms with E-state index in [2.05, 4.69) is 10.6 Å². The summed E-state index contributed by atoms with van der Waals surface area (Å²) in [6, 6.07) is 13.3. The van der Waals surface area contributed by atoms with Crippen LogP contribution in [0.2, 0.25) is 0 Å². The van der Waals surface area contributed by atoms with Crippen molar-refractivity contribution >= 4 is 11.7 Å². The van der Waals surface area contributed by atoms with E-state index < -0.39 is 11.8 Å². The second kappa shape index (κ2) is 8.31. The maximum absolute atomic E-state index is 13.6. The highest BCUT2D eigenvalue weighted by atomic mass is 19.1. The molecule has 2 amide bonds. The average molecular weight is 331 g/mol. The van der Waals surface area contributed by atoms with Crippen molar-refractivity contribution in [2.45, 2.75) is 6.04 Å². The molecule has 0 radical (unpaired) electrons. The van der Waals surface area contributed by atoms with E-state index in [0.29, 0.717) is 6.54 Å². The lowest BCUT2D eigenvalue weighted by atomic mass is 10.1. The summed E-state index contributed by atoms with van der Waals surface area (Å²) in [6.07, 6.45) is 0. The van der Waals surface area contributed by atoms with Gasteiger partial charge in [-0.3, -0.25) is 0 Å². The zero-order valence-electron chi connectivity index (χ0n) is 14.0. The predicted molar refractivity (Wildman–Crippen MR) is 92.8 cm³/mol. The summed E-state index contributed by atoms with van der Waals surface area (Å²) < 4.78 is 18.8. The lowest BCUT2D eigenvalue weighted by Crippen LogP contribution is -2.37. The van der Waals surface area contributed by atoms with Crippen LogP contribution in [0.1, 0.15) is 11.6 Å². The Balaban J connectivity index is 2.01. The van der Waals surface area contributed by atoms with Gasteiger partial charge in [0.15, 0.2) is 0 Å². The molecule has 0 spiro atoms. The van der Waals surface area contributed by atoms with E-state index in [1.54, 1.807) is 19.2 Å². The average Bonchev–Trinajstić information content (AvgIpc) is 2.57. The normalized spacial score (nSPS) is 11.9. The van der Waals surface area contributed by atoms with Crippen LogP contribution in [0, 0.1) is 5.82 Å². The summed E-state index contributed by atoms with van der Waals surface area (Å²) in [7, 11) is 5.48. The van der Waals surface area contributed by atoms with Crippen molar-refractivity contribution in [3.05, 3.63) is 59.9 Å². The van der Waals surface area contributed by atoms with E-state index >= 15 is 0 Å². The predicted octanol–water partition coefficient (Wildman–Crippen LogP) is 3.26. The Hall–Kier alpha value is -2.60. The first-order valence-corrected chi connectivity index (χ1v) is 7.61. The van der Waals surface area contributed by atoms with Gasteiger partial charge in [-0.15, -0.1) is 0 Å². The van der Waals surface area contributed by atoms with Crippen LogP contribution < -0.4 is 15.4 Å². The lowest BCUT2D eigenvalue weighted by molar-refractivity contribution is 0.243. The first-order valence-electron chi connectivity index (χ1n) is 7.61. The van der Waals surface area contributed by atoms with Crippen molar-refractivity contribution in [2.75, 3.05) is 33.1 Å². The van der Waals surface area contributed by atoms with Crippen molar-refractivity contribution in [1.82, 2.24) is 10.2 Å². The number of nitrogens with one attached hydrogen (secondary N) is 2. The number of amides is 2. The van der Waals surface area contributed by atoms with E-state index in [9.17, 15) is 9.18 Å². The third-order valence-corrected chi connectivity index (χ3v) is 3.68. The van der Waals surface area contributed by atoms with Gasteiger partial charge in [-0.1, -0.05) is 24.3 Å². The molecule has 0 fully saturated rings. The molecule has 2 aromatic rings. The molecular weight excluding hydrogens is 309 g/mol. The molecule has 0 unspecified atom stereocenters. The molecule has 0 bridgehead atoms. The third-order valence-electron chi connectivity index (χ3n) is 3.68. The first kappa shape index (κ1) is 17.7. The minimum atomic E-state index is -0.468. The molecule has 0 aliphatic rings. The van der Waals surface area contributed by atoms with Crippen LogP contribution in [0.15, 0.2) is 48.5 Å². The number of hydrogen-bond donors (Lipinski definition) is 2. The summed E-state index contributed by atoms with van der Waals surface area (Å²) in [5.74, 6) is 0.291. The summed E-state index contributed by atoms with van der Waals surface area (Å²) in [6.45, 7) is 0.375. The van der Waals surface area contributed by atoms with Crippen LogP contribution in [0.4, 0.5) is 14.9 Å². The van der Waals surface area contributed by atoms with E-state index in [1.165, 1.54) is 12.1 Å². The molecule has 6 heteroatoms. The fourth-order valence-electron chi connectivity index (χ4n) is 2.37. The summed E-state index contributed by atoms with van der Waals surface area (Å²) in [5.41, 5.74) is 1.17. The monoisotopic (exact) mass is 331 g/mol. The Kier molecular flexibility index (Phi) is 6.14. The van der Waals surface area contributed by atoms with Crippen molar-refractivity contribution in [3.8, 4) is 5.75 Å². The van der Waals surface area contributed by atoms with Gasteiger partial charge in [-0.25, -0.2) is 9.18 Å². The van der Waals surface area contributed by atoms with Crippen molar-refractivity contribution in [3.63, 3.8) is 0 Å². The number of urea groups is 1. The molecule has 24 heavy (non-hydrogen) atoms. The summed E-state index contributed by atoms with van der Waals surface area (Å²) in [5, 5.41) is 5.29. The number of methoxy groups -OCH3 is 1. The number of hydrogen-bond acceptors (Lipinski definition) is 3. The molecule has 0 aliphatic heterocycles. The number of likely N-dealkylation sites (N-methyl/N-ethyl adjacent to an activating group) is 1. The van der Waals surface area contributed by atoms with Gasteiger partial charge in [-0.2, -0.15) is 0 Å². The van der Waals surface area contributed by atoms with Crippen LogP contribution >= 0.6 is 0 Å². The van der Waals surface area contributed by atoms with Crippen molar-refractivity contribution in [1.29, 1.82) is 0 Å². The standard InChI is InChI=1S/C18H22FN3O2/c1-22(2)17(13-7-6-8-14(11-13)24-3)12-20-18(23)21-16-10-5-4-9-15(16)19/h4-11,17H,12H2,1-3H3,(H2,20,21,23)/t17-/m1/s1. The first-order chi connectivity index (χ1) is 11.5. The topological polar surface area (TPSA) is 53.6 Å². The second-order valence-electron chi connectivity index (χ2n) is 5.57. The fourth-order valence-corrected chi connectivity index (χ4v) is 2.37. The van der Waals surface area contributed by atoms with E-state index in [0.717, 1.165) is 11.3 Å². The molecule has 2 N–H and O–H groups in total. The Labute approximate surface area is 141 Å². The number of benzene rings is 2. The van der Waals surface area contributed by atoms with E-state index in [1.807, 2.05) is 43.3 Å². The number of para-hydroxylation sites is 1. The summed E-state index contributed by atoms with van der Waals surface area (Å²) >= 11 is 0. The Morgan fingerprint density at radius 2 is 1.96 bits per heavy atom. The minimum Gasteiger partial charge on any atom is -0.497 e. The molecule has 0 aromatic heterocycles. The van der Waals surface area contributed by atoms with Gasteiger partial charge in [0.25, 0.3) is 0 Å². The molecule has 0 saturated carbocycles. The Bertz CT molecular complexity index is 691. The lowest BCUT2D eigenvalue weighted by Gasteiger charge is -2.25. The highest BCUT2D eigenvalue weighted by molar-refractivity contribution is 5.89. The van der Waals surface area contributed by atoms with E-state index in [-0.39, 0.29) is 11.7 Å². The number of nitrogens with zero attached hydrogens (tertiary/aromatic N) is 1. The van der Waals surface area contributed by atoms with Gasteiger partial charge in [0.1, 0.15) is 11.6 Å². The molecular formula is C18H22FN3O2. The van der Waals surface area contributed by atoms with Crippen LogP contribution in [0.3, 0.4) is 0 Å². The van der Waals surface area contributed by atoms with Crippen molar-refractivity contribution in [2.24, 2.45) is 0 Å². The highest BCUT2D eigenvalue weighted by Gasteiger charge is 2.16. The van der Waals surface area contributed by atoms with Crippen LogP contribution in [0.5, 0.6) is 5.75 Å². The van der Waals surface area contributed by atoms with Gasteiger partial charge in [0.05, 0.1) is 18.8 Å². The molecule has 128 valence electrons. The number of carbonyl (C=O) groups excluding carboxylic acids is 1. The van der Waals surface area contributed by atoms with Crippen LogP contribution in [-0.4, -0.2) is 38.7 Å². The summed E-state index contributed by atoms with van der Waals surface area (Å²) in [4.78, 5) is 14.0. The fraction of sp³-hybridized carbons (Fsp3) is 0.278. The van der Waals surface area contributed by atoms with Gasteiger partial charge < -0.3 is 20.3 Å². The second-order valence-corrected chi connectivity index (χ2v) is 5.57. The number of ether oxygens (including phenoxy) is 1. The molecule has 1 atom stereocenters. The van der Waals surface area contributed by atoms with Gasteiger partial charge in [0.2, 0.25) is 0 Å². The van der Waals surface area contributed by atoms with Crippen LogP contribution in [0.25, 0.3) is 0 Å². The molecule has 2 aromatic carbocycles. The molecule has 2 rings (SSSR count). The van der Waals surface area contributed by atoms with Gasteiger partial charge in [0, 0.05) is 6.54 Å². The molecule has 0 heterocycles. The minimum absolute atomic E-state index is 0.0357. The SMILES string of the molecule is COc1cccc([C@@H](CNC(=O)Nc2ccccc2F)N(C)C)c1. The number of carbonyl (C=O) groups is 1.